The minimum absolute atomic E-state index is 0.121. The molecule has 0 unspecified atom stereocenters. The van der Waals surface area contributed by atoms with Gasteiger partial charge in [-0.3, -0.25) is 14.9 Å². The fraction of sp³-hybridized carbons (Fsp3) is 0. The molecule has 0 atom stereocenters. The number of nitrogens with zero attached hydrogens (tertiary/aromatic N) is 1. The van der Waals surface area contributed by atoms with Gasteiger partial charge in [-0.05, 0) is 24.3 Å². The van der Waals surface area contributed by atoms with Crippen molar-refractivity contribution < 1.29 is 18.5 Å². The largest absolute Gasteiger partial charge is 0.322 e. The Balaban J connectivity index is 2.36. The number of hydrogen-bond acceptors (Lipinski definition) is 3. The van der Waals surface area contributed by atoms with E-state index in [1.165, 1.54) is 6.07 Å². The summed E-state index contributed by atoms with van der Waals surface area (Å²) in [5.41, 5.74) is -0.933. The maximum absolute atomic E-state index is 13.0. The molecular formula is C13H7ClF2N2O3. The Morgan fingerprint density at radius 2 is 1.76 bits per heavy atom. The normalized spacial score (nSPS) is 10.2. The number of carbonyl (C=O) groups is 1. The number of rotatable bonds is 3. The van der Waals surface area contributed by atoms with E-state index in [-0.39, 0.29) is 16.3 Å². The first-order valence-corrected chi connectivity index (χ1v) is 5.96. The Kier molecular flexibility index (Phi) is 4.13. The molecule has 0 aliphatic rings. The molecule has 0 radical (unpaired) electrons. The van der Waals surface area contributed by atoms with E-state index in [2.05, 4.69) is 5.32 Å². The number of anilines is 1. The van der Waals surface area contributed by atoms with E-state index in [9.17, 15) is 23.7 Å². The Bertz CT molecular complexity index is 717. The number of nitrogens with one attached hydrogen (secondary N) is 1. The molecule has 0 saturated carbocycles. The Morgan fingerprint density at radius 1 is 1.14 bits per heavy atom. The van der Waals surface area contributed by atoms with Crippen LogP contribution in [0.25, 0.3) is 0 Å². The van der Waals surface area contributed by atoms with Gasteiger partial charge in [-0.2, -0.15) is 0 Å². The molecule has 21 heavy (non-hydrogen) atoms. The van der Waals surface area contributed by atoms with Crippen LogP contribution >= 0.6 is 11.6 Å². The predicted octanol–water partition coefficient (Wildman–Crippen LogP) is 3.78. The number of carbonyl (C=O) groups excluding carboxylic acids is 1. The van der Waals surface area contributed by atoms with Crippen molar-refractivity contribution in [1.29, 1.82) is 0 Å². The van der Waals surface area contributed by atoms with E-state index < -0.39 is 28.2 Å². The predicted molar refractivity (Wildman–Crippen MR) is 72.4 cm³/mol. The van der Waals surface area contributed by atoms with Crippen LogP contribution in [-0.4, -0.2) is 10.8 Å². The van der Waals surface area contributed by atoms with Crippen LogP contribution in [0.1, 0.15) is 10.4 Å². The molecule has 1 N–H and O–H groups in total. The van der Waals surface area contributed by atoms with Gasteiger partial charge in [-0.25, -0.2) is 8.78 Å². The van der Waals surface area contributed by atoms with E-state index >= 15 is 0 Å². The molecule has 0 spiro atoms. The molecule has 0 aromatic heterocycles. The maximum Gasteiger partial charge on any atom is 0.282 e. The van der Waals surface area contributed by atoms with Crippen LogP contribution in [0, 0.1) is 21.7 Å². The van der Waals surface area contributed by atoms with Gasteiger partial charge in [0.15, 0.2) is 0 Å². The van der Waals surface area contributed by atoms with Crippen LogP contribution in [0.2, 0.25) is 5.02 Å². The van der Waals surface area contributed by atoms with Crippen molar-refractivity contribution >= 4 is 28.9 Å². The van der Waals surface area contributed by atoms with Gasteiger partial charge in [0.25, 0.3) is 11.6 Å². The fourth-order valence-electron chi connectivity index (χ4n) is 1.67. The second kappa shape index (κ2) is 5.84. The van der Waals surface area contributed by atoms with E-state index in [1.54, 1.807) is 0 Å². The van der Waals surface area contributed by atoms with Gasteiger partial charge in [0.05, 0.1) is 4.92 Å². The van der Waals surface area contributed by atoms with E-state index in [4.69, 9.17) is 11.6 Å². The van der Waals surface area contributed by atoms with Gasteiger partial charge >= 0.3 is 0 Å². The van der Waals surface area contributed by atoms with Crippen molar-refractivity contribution in [3.63, 3.8) is 0 Å². The molecule has 5 nitrogen and oxygen atoms in total. The van der Waals surface area contributed by atoms with Crippen LogP contribution in [0.4, 0.5) is 20.2 Å². The third-order valence-electron chi connectivity index (χ3n) is 2.52. The molecule has 0 bridgehead atoms. The molecule has 0 saturated heterocycles. The van der Waals surface area contributed by atoms with Crippen molar-refractivity contribution in [2.75, 3.05) is 5.32 Å². The highest BCUT2D eigenvalue weighted by Crippen LogP contribution is 2.24. The highest BCUT2D eigenvalue weighted by Gasteiger charge is 2.20. The topological polar surface area (TPSA) is 72.2 Å². The first-order valence-electron chi connectivity index (χ1n) is 5.58. The second-order valence-electron chi connectivity index (χ2n) is 4.03. The number of nitro benzene ring substituents is 1. The third-order valence-corrected chi connectivity index (χ3v) is 2.76. The number of halogens is 3. The second-order valence-corrected chi connectivity index (χ2v) is 4.47. The van der Waals surface area contributed by atoms with Crippen molar-refractivity contribution in [2.45, 2.75) is 0 Å². The molecule has 0 fully saturated rings. The van der Waals surface area contributed by atoms with Crippen molar-refractivity contribution in [1.82, 2.24) is 0 Å². The van der Waals surface area contributed by atoms with Crippen LogP contribution < -0.4 is 5.32 Å². The Morgan fingerprint density at radius 3 is 2.33 bits per heavy atom. The summed E-state index contributed by atoms with van der Waals surface area (Å²) in [6, 6.07) is 5.85. The van der Waals surface area contributed by atoms with Crippen molar-refractivity contribution in [3.05, 3.63) is 68.7 Å². The quantitative estimate of drug-likeness (QED) is 0.692. The van der Waals surface area contributed by atoms with Crippen molar-refractivity contribution in [2.24, 2.45) is 0 Å². The zero-order valence-electron chi connectivity index (χ0n) is 10.3. The number of hydrogen-bond donors (Lipinski definition) is 1. The summed E-state index contributed by atoms with van der Waals surface area (Å²) in [5, 5.41) is 13.2. The molecule has 2 aromatic carbocycles. The molecular weight excluding hydrogens is 306 g/mol. The lowest BCUT2D eigenvalue weighted by molar-refractivity contribution is -0.385. The van der Waals surface area contributed by atoms with E-state index in [1.807, 2.05) is 0 Å². The van der Waals surface area contributed by atoms with Gasteiger partial charge in [0.2, 0.25) is 0 Å². The summed E-state index contributed by atoms with van der Waals surface area (Å²) in [7, 11) is 0. The van der Waals surface area contributed by atoms with Crippen LogP contribution in [0.3, 0.4) is 0 Å². The lowest BCUT2D eigenvalue weighted by Crippen LogP contribution is -2.14. The van der Waals surface area contributed by atoms with Gasteiger partial charge < -0.3 is 5.32 Å². The average molecular weight is 313 g/mol. The molecule has 108 valence electrons. The molecule has 0 heterocycles. The smallest absolute Gasteiger partial charge is 0.282 e. The summed E-state index contributed by atoms with van der Waals surface area (Å²) in [4.78, 5) is 22.1. The SMILES string of the molecule is O=C(Nc1cc(F)cc(F)c1)c1cc(Cl)ccc1[N+](=O)[O-]. The number of benzene rings is 2. The van der Waals surface area contributed by atoms with Gasteiger partial charge in [0, 0.05) is 22.8 Å². The first-order chi connectivity index (χ1) is 9.86. The minimum Gasteiger partial charge on any atom is -0.322 e. The van der Waals surface area contributed by atoms with Crippen LogP contribution in [0.15, 0.2) is 36.4 Å². The molecule has 0 aliphatic heterocycles. The highest BCUT2D eigenvalue weighted by atomic mass is 35.5. The van der Waals surface area contributed by atoms with E-state index in [0.717, 1.165) is 24.3 Å². The molecule has 2 rings (SSSR count). The maximum atomic E-state index is 13.0. The number of nitro groups is 1. The summed E-state index contributed by atoms with van der Waals surface area (Å²) in [6.07, 6.45) is 0. The fourth-order valence-corrected chi connectivity index (χ4v) is 1.85. The summed E-state index contributed by atoms with van der Waals surface area (Å²) in [5.74, 6) is -2.66. The lowest BCUT2D eigenvalue weighted by atomic mass is 10.1. The van der Waals surface area contributed by atoms with Crippen molar-refractivity contribution in [3.8, 4) is 0 Å². The van der Waals surface area contributed by atoms with Gasteiger partial charge in [-0.1, -0.05) is 11.6 Å². The summed E-state index contributed by atoms with van der Waals surface area (Å²) in [6.45, 7) is 0. The van der Waals surface area contributed by atoms with Gasteiger partial charge in [-0.15, -0.1) is 0 Å². The number of amides is 1. The molecule has 2 aromatic rings. The molecule has 8 heteroatoms. The van der Waals surface area contributed by atoms with E-state index in [0.29, 0.717) is 6.07 Å². The Hall–Kier alpha value is -2.54. The standard InChI is InChI=1S/C13H7ClF2N2O3/c14-7-1-2-12(18(20)21)11(3-7)13(19)17-10-5-8(15)4-9(16)6-10/h1-6H,(H,17,19). The molecule has 1 amide bonds. The van der Waals surface area contributed by atoms with Crippen LogP contribution in [0.5, 0.6) is 0 Å². The average Bonchev–Trinajstić information content (AvgIpc) is 2.36. The molecule has 0 aliphatic carbocycles. The van der Waals surface area contributed by atoms with Crippen LogP contribution in [-0.2, 0) is 0 Å². The lowest BCUT2D eigenvalue weighted by Gasteiger charge is -2.06. The monoisotopic (exact) mass is 312 g/mol. The first kappa shape index (κ1) is 14.9. The summed E-state index contributed by atoms with van der Waals surface area (Å²) < 4.78 is 26.1. The zero-order chi connectivity index (χ0) is 15.6. The minimum atomic E-state index is -0.894. The van der Waals surface area contributed by atoms with Gasteiger partial charge in [0.1, 0.15) is 17.2 Å². The summed E-state index contributed by atoms with van der Waals surface area (Å²) >= 11 is 5.70. The highest BCUT2D eigenvalue weighted by molar-refractivity contribution is 6.31. The Labute approximate surface area is 122 Å². The third kappa shape index (κ3) is 3.51. The zero-order valence-corrected chi connectivity index (χ0v) is 11.0.